The maximum Gasteiger partial charge on any atom is 0.472 e. The molecule has 0 saturated carbocycles. The summed E-state index contributed by atoms with van der Waals surface area (Å²) in [5.41, 5.74) is 0. The second kappa shape index (κ2) is 35.6. The first kappa shape index (κ1) is 52.2. The number of phosphoric ester groups is 1. The first-order valence-electron chi connectivity index (χ1n) is 22.5. The van der Waals surface area contributed by atoms with Gasteiger partial charge in [0.2, 0.25) is 5.91 Å². The van der Waals surface area contributed by atoms with Gasteiger partial charge in [0, 0.05) is 6.42 Å². The van der Waals surface area contributed by atoms with Gasteiger partial charge in [0.15, 0.2) is 0 Å². The van der Waals surface area contributed by atoms with Crippen molar-refractivity contribution < 1.29 is 32.9 Å². The number of rotatable bonds is 40. The number of aliphatic hydroxyl groups is 1. The highest BCUT2D eigenvalue weighted by molar-refractivity contribution is 7.47. The van der Waals surface area contributed by atoms with Crippen LogP contribution in [0.5, 0.6) is 0 Å². The van der Waals surface area contributed by atoms with E-state index in [0.29, 0.717) is 17.4 Å². The van der Waals surface area contributed by atoms with Crippen molar-refractivity contribution in [1.82, 2.24) is 5.32 Å². The van der Waals surface area contributed by atoms with Crippen LogP contribution in [0.1, 0.15) is 207 Å². The van der Waals surface area contributed by atoms with Crippen LogP contribution in [-0.2, 0) is 18.4 Å². The zero-order valence-corrected chi connectivity index (χ0v) is 36.8. The summed E-state index contributed by atoms with van der Waals surface area (Å²) in [6.07, 6.45) is 38.5. The highest BCUT2D eigenvalue weighted by Crippen LogP contribution is 2.43. The highest BCUT2D eigenvalue weighted by Gasteiger charge is 2.27. The molecule has 0 rings (SSSR count). The molecule has 0 aliphatic rings. The van der Waals surface area contributed by atoms with E-state index in [0.717, 1.165) is 44.4 Å². The van der Waals surface area contributed by atoms with Crippen molar-refractivity contribution >= 4 is 13.7 Å². The van der Waals surface area contributed by atoms with E-state index in [1.54, 1.807) is 6.08 Å². The second-order valence-corrected chi connectivity index (χ2v) is 18.5. The Bertz CT molecular complexity index is 896. The van der Waals surface area contributed by atoms with E-state index in [2.05, 4.69) is 26.1 Å². The topological polar surface area (TPSA) is 105 Å². The first-order valence-corrected chi connectivity index (χ1v) is 24.0. The molecular weight excluding hydrogens is 683 g/mol. The molecule has 0 saturated heterocycles. The number of phosphoric acid groups is 1. The van der Waals surface area contributed by atoms with Gasteiger partial charge in [-0.25, -0.2) is 4.57 Å². The Morgan fingerprint density at radius 1 is 0.698 bits per heavy atom. The number of likely N-dealkylation sites (N-methyl/N-ethyl adjacent to an activating group) is 1. The summed E-state index contributed by atoms with van der Waals surface area (Å²) in [4.78, 5) is 23.1. The summed E-state index contributed by atoms with van der Waals surface area (Å²) in [5.74, 6) is 0.652. The Morgan fingerprint density at radius 2 is 1.15 bits per heavy atom. The van der Waals surface area contributed by atoms with Gasteiger partial charge >= 0.3 is 7.82 Å². The summed E-state index contributed by atoms with van der Waals surface area (Å²) in [6, 6.07) is -0.841. The molecule has 8 nitrogen and oxygen atoms in total. The Kier molecular flexibility index (Phi) is 35.1. The van der Waals surface area contributed by atoms with Crippen LogP contribution in [0.4, 0.5) is 0 Å². The first-order chi connectivity index (χ1) is 25.4. The van der Waals surface area contributed by atoms with Gasteiger partial charge < -0.3 is 19.8 Å². The molecule has 0 bridgehead atoms. The molecule has 0 aliphatic heterocycles. The largest absolute Gasteiger partial charge is 0.472 e. The molecule has 0 aromatic rings. The molecule has 4 atom stereocenters. The van der Waals surface area contributed by atoms with E-state index < -0.39 is 20.0 Å². The average molecular weight is 774 g/mol. The lowest BCUT2D eigenvalue weighted by atomic mass is 10.00. The Labute approximate surface area is 329 Å². The number of amides is 1. The standard InChI is InChI=1S/C44H89N2O6P/c1-7-9-10-11-12-13-14-15-16-17-18-19-20-21-22-23-28-31-34-37-44(48)45-42(40-52-53(49,50)51-39-38-46(4,5)6)43(47)36-33-30-27-25-24-26-29-32-35-41(3)8-2/h33,36,41-43,47H,7-32,34-35,37-40H2,1-6H3,(H-,45,48,49,50)/p+1/b36-33+/t41?,42-,43+/m0/s1. The number of allylic oxidation sites excluding steroid dienone is 1. The lowest BCUT2D eigenvalue weighted by Gasteiger charge is -2.25. The fourth-order valence-corrected chi connectivity index (χ4v) is 7.28. The second-order valence-electron chi connectivity index (χ2n) is 17.0. The molecule has 1 amide bonds. The molecular formula is C44H90N2O6P+. The SMILES string of the molecule is CCCCCCCCCCCCCCCCCCCCCC(=O)N[C@@H](COP(=O)(O)OCC[N+](C)(C)C)[C@H](O)/C=C/CCCCCCCCC(C)CC. The van der Waals surface area contributed by atoms with Gasteiger partial charge in [-0.3, -0.25) is 13.8 Å². The third kappa shape index (κ3) is 37.9. The molecule has 9 heteroatoms. The van der Waals surface area contributed by atoms with E-state index in [1.807, 2.05) is 27.2 Å². The van der Waals surface area contributed by atoms with Gasteiger partial charge in [0.25, 0.3) is 0 Å². The fourth-order valence-electron chi connectivity index (χ4n) is 6.55. The number of hydrogen-bond acceptors (Lipinski definition) is 5. The van der Waals surface area contributed by atoms with Crippen molar-refractivity contribution in [1.29, 1.82) is 0 Å². The van der Waals surface area contributed by atoms with Crippen LogP contribution in [0, 0.1) is 5.92 Å². The van der Waals surface area contributed by atoms with Crippen LogP contribution in [-0.4, -0.2) is 73.4 Å². The van der Waals surface area contributed by atoms with E-state index >= 15 is 0 Å². The third-order valence-electron chi connectivity index (χ3n) is 10.5. The molecule has 0 aromatic heterocycles. The van der Waals surface area contributed by atoms with Gasteiger partial charge in [-0.05, 0) is 25.2 Å². The van der Waals surface area contributed by atoms with Crippen molar-refractivity contribution in [3.05, 3.63) is 12.2 Å². The minimum absolute atomic E-state index is 0.0635. The maximum atomic E-state index is 12.9. The number of quaternary nitrogens is 1. The van der Waals surface area contributed by atoms with Crippen LogP contribution < -0.4 is 5.32 Å². The molecule has 53 heavy (non-hydrogen) atoms. The maximum absolute atomic E-state index is 12.9. The van der Waals surface area contributed by atoms with Gasteiger partial charge in [-0.1, -0.05) is 193 Å². The Balaban J connectivity index is 4.34. The zero-order chi connectivity index (χ0) is 39.5. The van der Waals surface area contributed by atoms with Gasteiger partial charge in [0.1, 0.15) is 13.2 Å². The number of carbonyl (C=O) groups is 1. The molecule has 316 valence electrons. The minimum atomic E-state index is -4.33. The van der Waals surface area contributed by atoms with Crippen LogP contribution in [0.15, 0.2) is 12.2 Å². The predicted octanol–water partition coefficient (Wildman–Crippen LogP) is 12.2. The van der Waals surface area contributed by atoms with Crippen molar-refractivity contribution in [3.8, 4) is 0 Å². The molecule has 0 spiro atoms. The normalized spacial score (nSPS) is 15.1. The van der Waals surface area contributed by atoms with Gasteiger partial charge in [-0.2, -0.15) is 0 Å². The Morgan fingerprint density at radius 3 is 1.62 bits per heavy atom. The number of nitrogens with one attached hydrogen (secondary N) is 1. The van der Waals surface area contributed by atoms with E-state index in [-0.39, 0.29) is 19.1 Å². The highest BCUT2D eigenvalue weighted by atomic mass is 31.2. The molecule has 0 heterocycles. The van der Waals surface area contributed by atoms with Crippen molar-refractivity contribution in [2.24, 2.45) is 5.92 Å². The van der Waals surface area contributed by atoms with Crippen LogP contribution in [0.3, 0.4) is 0 Å². The van der Waals surface area contributed by atoms with Crippen LogP contribution in [0.25, 0.3) is 0 Å². The number of hydrogen-bond donors (Lipinski definition) is 3. The van der Waals surface area contributed by atoms with Crippen molar-refractivity contribution in [2.75, 3.05) is 40.9 Å². The molecule has 0 radical (unpaired) electrons. The number of unbranched alkanes of at least 4 members (excludes halogenated alkanes) is 24. The molecule has 2 unspecified atom stereocenters. The monoisotopic (exact) mass is 774 g/mol. The molecule has 0 aromatic carbocycles. The van der Waals surface area contributed by atoms with E-state index in [9.17, 15) is 19.4 Å². The summed E-state index contributed by atoms with van der Waals surface area (Å²) < 4.78 is 23.5. The van der Waals surface area contributed by atoms with E-state index in [1.165, 1.54) is 141 Å². The number of nitrogens with zero attached hydrogens (tertiary/aromatic N) is 1. The van der Waals surface area contributed by atoms with Crippen molar-refractivity contribution in [2.45, 2.75) is 219 Å². The zero-order valence-electron chi connectivity index (χ0n) is 35.9. The van der Waals surface area contributed by atoms with Gasteiger partial charge in [0.05, 0.1) is 39.9 Å². The fraction of sp³-hybridized carbons (Fsp3) is 0.932. The minimum Gasteiger partial charge on any atom is -0.387 e. The van der Waals surface area contributed by atoms with E-state index in [4.69, 9.17) is 9.05 Å². The van der Waals surface area contributed by atoms with Crippen LogP contribution in [0.2, 0.25) is 0 Å². The van der Waals surface area contributed by atoms with Crippen molar-refractivity contribution in [3.63, 3.8) is 0 Å². The average Bonchev–Trinajstić information content (AvgIpc) is 3.10. The lowest BCUT2D eigenvalue weighted by molar-refractivity contribution is -0.870. The quantitative estimate of drug-likeness (QED) is 0.0248. The molecule has 0 aliphatic carbocycles. The summed E-state index contributed by atoms with van der Waals surface area (Å²) in [7, 11) is 1.58. The lowest BCUT2D eigenvalue weighted by Crippen LogP contribution is -2.45. The summed E-state index contributed by atoms with van der Waals surface area (Å²) in [6.45, 7) is 7.16. The number of aliphatic hydroxyl groups excluding tert-OH is 1. The molecule has 3 N–H and O–H groups in total. The van der Waals surface area contributed by atoms with Crippen LogP contribution >= 0.6 is 7.82 Å². The third-order valence-corrected chi connectivity index (χ3v) is 11.5. The predicted molar refractivity (Wildman–Crippen MR) is 226 cm³/mol. The smallest absolute Gasteiger partial charge is 0.387 e. The summed E-state index contributed by atoms with van der Waals surface area (Å²) >= 11 is 0. The Hall–Kier alpha value is -0.760. The summed E-state index contributed by atoms with van der Waals surface area (Å²) in [5, 5.41) is 13.8. The van der Waals surface area contributed by atoms with Gasteiger partial charge in [-0.15, -0.1) is 0 Å². The molecule has 0 fully saturated rings. The number of carbonyl (C=O) groups excluding carboxylic acids is 1.